The van der Waals surface area contributed by atoms with Crippen molar-refractivity contribution in [2.75, 3.05) is 5.32 Å². The average Bonchev–Trinajstić information content (AvgIpc) is 2.55. The molecule has 0 unspecified atom stereocenters. The van der Waals surface area contributed by atoms with E-state index < -0.39 is 0 Å². The fourth-order valence-corrected chi connectivity index (χ4v) is 2.12. The molecule has 0 atom stereocenters. The maximum Gasteiger partial charge on any atom is 0.0400 e. The van der Waals surface area contributed by atoms with Gasteiger partial charge in [0.15, 0.2) is 0 Å². The van der Waals surface area contributed by atoms with Crippen molar-refractivity contribution in [3.63, 3.8) is 0 Å². The van der Waals surface area contributed by atoms with Crippen LogP contribution in [0.5, 0.6) is 0 Å². The van der Waals surface area contributed by atoms with E-state index in [1.165, 1.54) is 22.4 Å². The first-order valence-corrected chi connectivity index (χ1v) is 7.60. The number of aryl methyl sites for hydroxylation is 2. The summed E-state index contributed by atoms with van der Waals surface area (Å²) in [5, 5.41) is 3.39. The molecular weight excluding hydrogens is 266 g/mol. The number of hydrogen-bond donors (Lipinski definition) is 1. The lowest BCUT2D eigenvalue weighted by molar-refractivity contribution is 1.14. The van der Waals surface area contributed by atoms with Crippen LogP contribution in [-0.4, -0.2) is 0 Å². The van der Waals surface area contributed by atoms with E-state index in [1.807, 2.05) is 36.4 Å². The van der Waals surface area contributed by atoms with Gasteiger partial charge in [-0.2, -0.15) is 0 Å². The molecule has 3 aromatic rings. The standard InChI is InChI=1S/C14H15N.C7H8/c1-12-6-5-7-13(10-12)11-15-14-8-3-2-4-9-14;1-7-5-3-2-4-6-7/h2-10,15H,11H2,1H3;2-6H,1H3. The van der Waals surface area contributed by atoms with Crippen LogP contribution >= 0.6 is 0 Å². The summed E-state index contributed by atoms with van der Waals surface area (Å²) in [5.74, 6) is 0. The Kier molecular flexibility index (Phi) is 6.25. The normalized spacial score (nSPS) is 9.55. The van der Waals surface area contributed by atoms with Crippen LogP contribution in [0.4, 0.5) is 5.69 Å². The van der Waals surface area contributed by atoms with E-state index in [1.54, 1.807) is 0 Å². The summed E-state index contributed by atoms with van der Waals surface area (Å²) in [6.07, 6.45) is 0. The Morgan fingerprint density at radius 3 is 1.77 bits per heavy atom. The van der Waals surface area contributed by atoms with Crippen molar-refractivity contribution in [3.8, 4) is 0 Å². The van der Waals surface area contributed by atoms with Crippen molar-refractivity contribution in [1.29, 1.82) is 0 Å². The molecule has 0 radical (unpaired) electrons. The highest BCUT2D eigenvalue weighted by Crippen LogP contribution is 2.09. The summed E-state index contributed by atoms with van der Waals surface area (Å²) in [6, 6.07) is 29.1. The molecule has 0 spiro atoms. The summed E-state index contributed by atoms with van der Waals surface area (Å²) in [5.41, 5.74) is 5.11. The minimum absolute atomic E-state index is 0.881. The Morgan fingerprint density at radius 2 is 1.23 bits per heavy atom. The molecule has 0 aliphatic heterocycles. The Bertz CT molecular complexity index is 660. The van der Waals surface area contributed by atoms with Crippen molar-refractivity contribution >= 4 is 5.69 Å². The van der Waals surface area contributed by atoms with E-state index in [4.69, 9.17) is 0 Å². The number of rotatable bonds is 3. The van der Waals surface area contributed by atoms with Crippen molar-refractivity contribution in [2.45, 2.75) is 20.4 Å². The lowest BCUT2D eigenvalue weighted by Gasteiger charge is -2.06. The Hall–Kier alpha value is -2.54. The van der Waals surface area contributed by atoms with Crippen molar-refractivity contribution in [1.82, 2.24) is 0 Å². The second kappa shape index (κ2) is 8.68. The van der Waals surface area contributed by atoms with Crippen LogP contribution in [0.1, 0.15) is 16.7 Å². The number of anilines is 1. The van der Waals surface area contributed by atoms with Crippen LogP contribution in [0.25, 0.3) is 0 Å². The van der Waals surface area contributed by atoms with Gasteiger partial charge < -0.3 is 5.32 Å². The predicted molar refractivity (Wildman–Crippen MR) is 96.1 cm³/mol. The van der Waals surface area contributed by atoms with Gasteiger partial charge in [-0.3, -0.25) is 0 Å². The highest BCUT2D eigenvalue weighted by molar-refractivity contribution is 5.43. The molecule has 0 heterocycles. The molecule has 3 aromatic carbocycles. The van der Waals surface area contributed by atoms with Gasteiger partial charge >= 0.3 is 0 Å². The molecule has 1 N–H and O–H groups in total. The quantitative estimate of drug-likeness (QED) is 0.661. The van der Waals surface area contributed by atoms with E-state index >= 15 is 0 Å². The zero-order valence-corrected chi connectivity index (χ0v) is 13.3. The maximum atomic E-state index is 3.39. The molecule has 0 aliphatic rings. The second-order valence-corrected chi connectivity index (χ2v) is 5.36. The van der Waals surface area contributed by atoms with E-state index in [2.05, 4.69) is 67.7 Å². The molecule has 1 heteroatoms. The van der Waals surface area contributed by atoms with Crippen molar-refractivity contribution in [2.24, 2.45) is 0 Å². The molecule has 0 aliphatic carbocycles. The number of nitrogens with one attached hydrogen (secondary N) is 1. The molecule has 0 aromatic heterocycles. The fourth-order valence-electron chi connectivity index (χ4n) is 2.12. The van der Waals surface area contributed by atoms with Gasteiger partial charge in [-0.05, 0) is 31.5 Å². The van der Waals surface area contributed by atoms with Crippen LogP contribution in [0.2, 0.25) is 0 Å². The summed E-state index contributed by atoms with van der Waals surface area (Å²) in [4.78, 5) is 0. The molecule has 22 heavy (non-hydrogen) atoms. The fraction of sp³-hybridized carbons (Fsp3) is 0.143. The zero-order valence-electron chi connectivity index (χ0n) is 13.3. The highest BCUT2D eigenvalue weighted by atomic mass is 14.9. The third-order valence-corrected chi connectivity index (χ3v) is 3.29. The minimum atomic E-state index is 0.881. The molecule has 1 nitrogen and oxygen atoms in total. The molecule has 0 bridgehead atoms. The third kappa shape index (κ3) is 5.84. The van der Waals surface area contributed by atoms with Crippen molar-refractivity contribution < 1.29 is 0 Å². The van der Waals surface area contributed by atoms with Gasteiger partial charge in [0.05, 0.1) is 0 Å². The maximum absolute atomic E-state index is 3.39. The lowest BCUT2D eigenvalue weighted by atomic mass is 10.1. The first kappa shape index (κ1) is 15.8. The van der Waals surface area contributed by atoms with Crippen molar-refractivity contribution in [3.05, 3.63) is 102 Å². The van der Waals surface area contributed by atoms with Gasteiger partial charge in [0.2, 0.25) is 0 Å². The first-order valence-electron chi connectivity index (χ1n) is 7.60. The van der Waals surface area contributed by atoms with Gasteiger partial charge in [-0.25, -0.2) is 0 Å². The summed E-state index contributed by atoms with van der Waals surface area (Å²) in [6.45, 7) is 5.08. The number of para-hydroxylation sites is 1. The molecule has 0 saturated carbocycles. The Balaban J connectivity index is 0.000000211. The molecule has 0 saturated heterocycles. The van der Waals surface area contributed by atoms with Crippen LogP contribution < -0.4 is 5.32 Å². The average molecular weight is 289 g/mol. The summed E-state index contributed by atoms with van der Waals surface area (Å²) < 4.78 is 0. The molecule has 3 rings (SSSR count). The van der Waals surface area contributed by atoms with Gasteiger partial charge in [-0.1, -0.05) is 83.9 Å². The Morgan fingerprint density at radius 1 is 0.636 bits per heavy atom. The molecular formula is C21H23N. The van der Waals surface area contributed by atoms with Gasteiger partial charge in [0, 0.05) is 12.2 Å². The SMILES string of the molecule is Cc1cccc(CNc2ccccc2)c1.Cc1ccccc1. The molecule has 0 fully saturated rings. The predicted octanol–water partition coefficient (Wildman–Crippen LogP) is 5.60. The van der Waals surface area contributed by atoms with Gasteiger partial charge in [-0.15, -0.1) is 0 Å². The monoisotopic (exact) mass is 289 g/mol. The minimum Gasteiger partial charge on any atom is -0.381 e. The summed E-state index contributed by atoms with van der Waals surface area (Å²) >= 11 is 0. The summed E-state index contributed by atoms with van der Waals surface area (Å²) in [7, 11) is 0. The second-order valence-electron chi connectivity index (χ2n) is 5.36. The van der Waals surface area contributed by atoms with Crippen LogP contribution in [-0.2, 0) is 6.54 Å². The number of hydrogen-bond acceptors (Lipinski definition) is 1. The molecule has 0 amide bonds. The number of benzene rings is 3. The van der Waals surface area contributed by atoms with Crippen LogP contribution in [0.3, 0.4) is 0 Å². The van der Waals surface area contributed by atoms with Crippen LogP contribution in [0.15, 0.2) is 84.9 Å². The lowest BCUT2D eigenvalue weighted by Crippen LogP contribution is -1.98. The van der Waals surface area contributed by atoms with Gasteiger partial charge in [0.25, 0.3) is 0 Å². The largest absolute Gasteiger partial charge is 0.381 e. The zero-order chi connectivity index (χ0) is 15.6. The van der Waals surface area contributed by atoms with E-state index in [0.717, 1.165) is 6.54 Å². The molecule has 112 valence electrons. The van der Waals surface area contributed by atoms with Crippen LogP contribution in [0, 0.1) is 13.8 Å². The van der Waals surface area contributed by atoms with E-state index in [0.29, 0.717) is 0 Å². The smallest absolute Gasteiger partial charge is 0.0400 e. The topological polar surface area (TPSA) is 12.0 Å². The van der Waals surface area contributed by atoms with E-state index in [9.17, 15) is 0 Å². The first-order chi connectivity index (χ1) is 10.7. The highest BCUT2D eigenvalue weighted by Gasteiger charge is 1.93. The van der Waals surface area contributed by atoms with E-state index in [-0.39, 0.29) is 0 Å². The Labute approximate surface area is 133 Å². The van der Waals surface area contributed by atoms with Gasteiger partial charge in [0.1, 0.15) is 0 Å². The third-order valence-electron chi connectivity index (χ3n) is 3.29.